The zero-order chi connectivity index (χ0) is 15.5. The molecule has 0 saturated carbocycles. The minimum Gasteiger partial charge on any atom is -0.480 e. The number of ether oxygens (including phenoxy) is 1. The summed E-state index contributed by atoms with van der Waals surface area (Å²) in [5.41, 5.74) is 2.28. The zero-order valence-electron chi connectivity index (χ0n) is 11.5. The van der Waals surface area contributed by atoms with Crippen molar-refractivity contribution in [1.82, 2.24) is 5.16 Å². The van der Waals surface area contributed by atoms with Crippen LogP contribution in [0.2, 0.25) is 5.02 Å². The highest BCUT2D eigenvalue weighted by Gasteiger charge is 2.16. The Morgan fingerprint density at radius 3 is 2.73 bits per heavy atom. The molecule has 0 bridgehead atoms. The molecule has 3 aromatic rings. The summed E-state index contributed by atoms with van der Waals surface area (Å²) in [6.45, 7) is -0.462. The van der Waals surface area contributed by atoms with Crippen molar-refractivity contribution in [3.05, 3.63) is 58.7 Å². The van der Waals surface area contributed by atoms with Crippen molar-refractivity contribution < 1.29 is 19.2 Å². The van der Waals surface area contributed by atoms with Crippen LogP contribution in [0.5, 0.6) is 5.75 Å². The van der Waals surface area contributed by atoms with Crippen molar-refractivity contribution in [2.75, 3.05) is 6.61 Å². The van der Waals surface area contributed by atoms with E-state index in [2.05, 4.69) is 5.16 Å². The molecule has 1 heterocycles. The molecule has 2 aromatic carbocycles. The maximum absolute atomic E-state index is 10.6. The number of hydrogen-bond acceptors (Lipinski definition) is 4. The fourth-order valence-corrected chi connectivity index (χ4v) is 2.43. The summed E-state index contributed by atoms with van der Waals surface area (Å²) in [6, 6.07) is 13.3. The fourth-order valence-electron chi connectivity index (χ4n) is 2.17. The van der Waals surface area contributed by atoms with Gasteiger partial charge in [0.05, 0.1) is 5.69 Å². The van der Waals surface area contributed by atoms with Crippen LogP contribution < -0.4 is 4.74 Å². The number of rotatable bonds is 5. The molecule has 0 unspecified atom stereocenters. The second-order valence-electron chi connectivity index (χ2n) is 4.73. The highest BCUT2D eigenvalue weighted by atomic mass is 35.5. The quantitative estimate of drug-likeness (QED) is 0.779. The summed E-state index contributed by atoms with van der Waals surface area (Å²) in [5, 5.41) is 13.7. The van der Waals surface area contributed by atoms with Crippen LogP contribution in [0.4, 0.5) is 0 Å². The highest BCUT2D eigenvalue weighted by molar-refractivity contribution is 6.36. The van der Waals surface area contributed by atoms with Gasteiger partial charge in [-0.1, -0.05) is 47.1 Å². The molecule has 22 heavy (non-hydrogen) atoms. The van der Waals surface area contributed by atoms with Crippen LogP contribution in [0.3, 0.4) is 0 Å². The first-order valence-electron chi connectivity index (χ1n) is 6.60. The summed E-state index contributed by atoms with van der Waals surface area (Å²) in [5.74, 6) is -0.808. The maximum Gasteiger partial charge on any atom is 0.341 e. The number of hydrogen-bond donors (Lipinski definition) is 1. The van der Waals surface area contributed by atoms with Gasteiger partial charge in [-0.2, -0.15) is 0 Å². The van der Waals surface area contributed by atoms with Crippen LogP contribution in [-0.4, -0.2) is 22.8 Å². The standard InChI is InChI=1S/C16H12ClNO4/c17-15-13(21-9-14(19)20)7-6-11-12(18-22-16(11)15)8-10-4-2-1-3-5-10/h1-7H,8-9H2,(H,19,20). The number of halogens is 1. The Balaban J connectivity index is 1.92. The molecule has 6 heteroatoms. The fraction of sp³-hybridized carbons (Fsp3) is 0.125. The number of aliphatic carboxylic acids is 1. The lowest BCUT2D eigenvalue weighted by Crippen LogP contribution is -2.09. The number of aromatic nitrogens is 1. The average molecular weight is 318 g/mol. The van der Waals surface area contributed by atoms with E-state index in [4.69, 9.17) is 26.0 Å². The van der Waals surface area contributed by atoms with Crippen LogP contribution in [0.1, 0.15) is 11.3 Å². The van der Waals surface area contributed by atoms with E-state index in [1.807, 2.05) is 30.3 Å². The topological polar surface area (TPSA) is 72.6 Å². The Labute approximate surface area is 131 Å². The number of carboxylic acid groups (broad SMARTS) is 1. The first-order chi connectivity index (χ1) is 10.6. The molecule has 0 spiro atoms. The van der Waals surface area contributed by atoms with Gasteiger partial charge in [-0.3, -0.25) is 0 Å². The largest absolute Gasteiger partial charge is 0.480 e. The van der Waals surface area contributed by atoms with E-state index in [9.17, 15) is 4.79 Å². The summed E-state index contributed by atoms with van der Waals surface area (Å²) in [4.78, 5) is 10.6. The number of nitrogens with zero attached hydrogens (tertiary/aromatic N) is 1. The molecule has 0 aliphatic rings. The molecular weight excluding hydrogens is 306 g/mol. The number of carboxylic acids is 1. The summed E-state index contributed by atoms with van der Waals surface area (Å²) in [7, 11) is 0. The van der Waals surface area contributed by atoms with Crippen molar-refractivity contribution in [2.24, 2.45) is 0 Å². The van der Waals surface area contributed by atoms with E-state index >= 15 is 0 Å². The van der Waals surface area contributed by atoms with Crippen LogP contribution in [0, 0.1) is 0 Å². The monoisotopic (exact) mass is 317 g/mol. The number of carbonyl (C=O) groups is 1. The third-order valence-corrected chi connectivity index (χ3v) is 3.54. The van der Waals surface area contributed by atoms with Crippen LogP contribution >= 0.6 is 11.6 Å². The van der Waals surface area contributed by atoms with Crippen molar-refractivity contribution >= 4 is 28.5 Å². The molecule has 0 aliphatic heterocycles. The molecule has 0 saturated heterocycles. The van der Waals surface area contributed by atoms with Gasteiger partial charge in [0.15, 0.2) is 12.2 Å². The van der Waals surface area contributed by atoms with E-state index in [-0.39, 0.29) is 10.8 Å². The normalized spacial score (nSPS) is 10.8. The lowest BCUT2D eigenvalue weighted by atomic mass is 10.1. The van der Waals surface area contributed by atoms with E-state index in [0.717, 1.165) is 16.6 Å². The van der Waals surface area contributed by atoms with E-state index in [0.29, 0.717) is 12.0 Å². The lowest BCUT2D eigenvalue weighted by Gasteiger charge is -2.05. The Morgan fingerprint density at radius 1 is 1.23 bits per heavy atom. The van der Waals surface area contributed by atoms with E-state index < -0.39 is 12.6 Å². The molecule has 1 aromatic heterocycles. The van der Waals surface area contributed by atoms with Gasteiger partial charge in [0, 0.05) is 11.8 Å². The van der Waals surface area contributed by atoms with Gasteiger partial charge >= 0.3 is 5.97 Å². The summed E-state index contributed by atoms with van der Waals surface area (Å²) >= 11 is 6.19. The molecular formula is C16H12ClNO4. The van der Waals surface area contributed by atoms with Crippen molar-refractivity contribution in [1.29, 1.82) is 0 Å². The SMILES string of the molecule is O=C(O)COc1ccc2c(Cc3ccccc3)noc2c1Cl. The molecule has 0 amide bonds. The van der Waals surface area contributed by atoms with Crippen LogP contribution in [0.15, 0.2) is 47.0 Å². The average Bonchev–Trinajstić information content (AvgIpc) is 2.91. The van der Waals surface area contributed by atoms with Gasteiger partial charge < -0.3 is 14.4 Å². The first-order valence-corrected chi connectivity index (χ1v) is 6.98. The van der Waals surface area contributed by atoms with Crippen molar-refractivity contribution in [3.63, 3.8) is 0 Å². The molecule has 5 nitrogen and oxygen atoms in total. The molecule has 0 atom stereocenters. The van der Waals surface area contributed by atoms with Crippen LogP contribution in [0.25, 0.3) is 11.0 Å². The molecule has 1 N–H and O–H groups in total. The third kappa shape index (κ3) is 2.89. The van der Waals surface area contributed by atoms with Crippen molar-refractivity contribution in [2.45, 2.75) is 6.42 Å². The minimum atomic E-state index is -1.07. The number of fused-ring (bicyclic) bond motifs is 1. The third-order valence-electron chi connectivity index (χ3n) is 3.19. The van der Waals surface area contributed by atoms with Crippen LogP contribution in [-0.2, 0) is 11.2 Å². The minimum absolute atomic E-state index is 0.227. The molecule has 0 fully saturated rings. The molecule has 3 rings (SSSR count). The molecule has 112 valence electrons. The van der Waals surface area contributed by atoms with Gasteiger partial charge in [0.2, 0.25) is 0 Å². The Morgan fingerprint density at radius 2 is 2.00 bits per heavy atom. The second-order valence-corrected chi connectivity index (χ2v) is 5.11. The van der Waals surface area contributed by atoms with Crippen molar-refractivity contribution in [3.8, 4) is 5.75 Å². The molecule has 0 aliphatic carbocycles. The number of benzene rings is 2. The van der Waals surface area contributed by atoms with Gasteiger partial charge in [-0.25, -0.2) is 4.79 Å². The Bertz CT molecular complexity index is 814. The lowest BCUT2D eigenvalue weighted by molar-refractivity contribution is -0.139. The van der Waals surface area contributed by atoms with Gasteiger partial charge in [-0.05, 0) is 17.7 Å². The predicted octanol–water partition coefficient (Wildman–Crippen LogP) is 3.54. The Kier molecular flexibility index (Phi) is 3.98. The first kappa shape index (κ1) is 14.4. The Hall–Kier alpha value is -2.53. The highest BCUT2D eigenvalue weighted by Crippen LogP contribution is 2.34. The van der Waals surface area contributed by atoms with Gasteiger partial charge in [0.25, 0.3) is 0 Å². The van der Waals surface area contributed by atoms with Gasteiger partial charge in [-0.15, -0.1) is 0 Å². The summed E-state index contributed by atoms with van der Waals surface area (Å²) < 4.78 is 10.4. The second kappa shape index (κ2) is 6.07. The predicted molar refractivity (Wildman–Crippen MR) is 81.4 cm³/mol. The zero-order valence-corrected chi connectivity index (χ0v) is 12.2. The van der Waals surface area contributed by atoms with E-state index in [1.54, 1.807) is 12.1 Å². The van der Waals surface area contributed by atoms with E-state index in [1.165, 1.54) is 0 Å². The smallest absolute Gasteiger partial charge is 0.341 e. The van der Waals surface area contributed by atoms with Gasteiger partial charge in [0.1, 0.15) is 10.8 Å². The summed E-state index contributed by atoms with van der Waals surface area (Å²) in [6.07, 6.45) is 0.625. The molecule has 0 radical (unpaired) electrons. The maximum atomic E-state index is 10.6.